The second-order valence-corrected chi connectivity index (χ2v) is 8.21. The van der Waals surface area contributed by atoms with Crippen LogP contribution in [0.5, 0.6) is 0 Å². The minimum atomic E-state index is -0.422. The van der Waals surface area contributed by atoms with Gasteiger partial charge in [0.25, 0.3) is 0 Å². The molecule has 0 aliphatic heterocycles. The van der Waals surface area contributed by atoms with Crippen LogP contribution in [0.4, 0.5) is 0 Å². The Bertz CT molecular complexity index is 616. The van der Waals surface area contributed by atoms with Crippen LogP contribution in [0.15, 0.2) is 23.8 Å². The lowest BCUT2D eigenvalue weighted by atomic mass is 9.48. The summed E-state index contributed by atoms with van der Waals surface area (Å²) in [7, 11) is 0. The molecular weight excluding hydrogens is 276 g/mol. The van der Waals surface area contributed by atoms with Crippen LogP contribution >= 0.6 is 0 Å². The van der Waals surface area contributed by atoms with Gasteiger partial charge in [0.05, 0.1) is 6.10 Å². The number of allylic oxidation sites excluding steroid dienone is 3. The first-order valence-corrected chi connectivity index (χ1v) is 8.52. The molecule has 0 spiro atoms. The van der Waals surface area contributed by atoms with E-state index >= 15 is 0 Å². The van der Waals surface area contributed by atoms with E-state index in [1.54, 1.807) is 12.2 Å². The first kappa shape index (κ1) is 14.4. The van der Waals surface area contributed by atoms with Crippen LogP contribution in [0.1, 0.15) is 46.0 Å². The molecule has 4 aliphatic rings. The molecule has 0 saturated heterocycles. The van der Waals surface area contributed by atoms with E-state index in [0.717, 1.165) is 24.8 Å². The maximum Gasteiger partial charge on any atom is 0.159 e. The predicted molar refractivity (Wildman–Crippen MR) is 83.0 cm³/mol. The lowest BCUT2D eigenvalue weighted by molar-refractivity contribution is -0.139. The van der Waals surface area contributed by atoms with Gasteiger partial charge < -0.3 is 5.11 Å². The van der Waals surface area contributed by atoms with Crippen molar-refractivity contribution in [3.63, 3.8) is 0 Å². The van der Waals surface area contributed by atoms with Crippen molar-refractivity contribution in [1.82, 2.24) is 0 Å². The van der Waals surface area contributed by atoms with Crippen LogP contribution in [0.3, 0.4) is 0 Å². The molecule has 0 heterocycles. The highest BCUT2D eigenvalue weighted by Gasteiger charge is 2.60. The number of carbonyl (C=O) groups excluding carboxylic acids is 2. The summed E-state index contributed by atoms with van der Waals surface area (Å²) in [4.78, 5) is 25.2. The Labute approximate surface area is 131 Å². The molecule has 0 radical (unpaired) electrons. The maximum atomic E-state index is 12.8. The van der Waals surface area contributed by atoms with Gasteiger partial charge in [-0.2, -0.15) is 0 Å². The summed E-state index contributed by atoms with van der Waals surface area (Å²) >= 11 is 0. The van der Waals surface area contributed by atoms with Gasteiger partial charge in [0.15, 0.2) is 5.78 Å². The zero-order valence-corrected chi connectivity index (χ0v) is 13.3. The van der Waals surface area contributed by atoms with Gasteiger partial charge in [-0.25, -0.2) is 0 Å². The number of Topliss-reactive ketones (excluding diaryl/α,β-unsaturated/α-hetero) is 1. The highest BCUT2D eigenvalue weighted by Crippen LogP contribution is 2.62. The highest BCUT2D eigenvalue weighted by molar-refractivity contribution is 5.97. The van der Waals surface area contributed by atoms with Crippen LogP contribution < -0.4 is 0 Å². The third-order valence-corrected chi connectivity index (χ3v) is 7.21. The monoisotopic (exact) mass is 300 g/mol. The summed E-state index contributed by atoms with van der Waals surface area (Å²) in [5.74, 6) is 1.00. The van der Waals surface area contributed by atoms with Gasteiger partial charge in [-0.1, -0.05) is 26.0 Å². The van der Waals surface area contributed by atoms with Crippen LogP contribution in [-0.2, 0) is 9.59 Å². The lowest BCUT2D eigenvalue weighted by Gasteiger charge is -2.54. The summed E-state index contributed by atoms with van der Waals surface area (Å²) in [5, 5.41) is 10.1. The molecule has 0 aromatic heterocycles. The van der Waals surface area contributed by atoms with Crippen LogP contribution in [0, 0.1) is 28.6 Å². The Morgan fingerprint density at radius 3 is 2.64 bits per heavy atom. The predicted octanol–water partition coefficient (Wildman–Crippen LogP) is 2.83. The summed E-state index contributed by atoms with van der Waals surface area (Å²) < 4.78 is 0. The van der Waals surface area contributed by atoms with Crippen molar-refractivity contribution in [2.45, 2.75) is 52.1 Å². The SMILES string of the molecule is C[C@]12CC(O)C=CC1=CC(=O)[C@@H]1[C@H]2CC[C@]2(C)C(=O)CC[C@@H]12. The van der Waals surface area contributed by atoms with Gasteiger partial charge in [-0.15, -0.1) is 0 Å². The third kappa shape index (κ3) is 1.66. The standard InChI is InChI=1S/C19H24O3/c1-18-8-7-14-17(13(18)5-6-16(18)22)15(21)9-11-3-4-12(20)10-19(11,14)2/h3-4,9,12-14,17,20H,5-8,10H2,1-2H3/t12?,13-,14+,17-,18-,19-/m0/s1. The number of carbonyl (C=O) groups is 2. The van der Waals surface area contributed by atoms with Crippen molar-refractivity contribution >= 4 is 11.6 Å². The van der Waals surface area contributed by atoms with Crippen LogP contribution in [-0.4, -0.2) is 22.8 Å². The molecule has 1 unspecified atom stereocenters. The van der Waals surface area contributed by atoms with Crippen molar-refractivity contribution in [3.05, 3.63) is 23.8 Å². The molecule has 0 aromatic rings. The van der Waals surface area contributed by atoms with Crippen molar-refractivity contribution in [2.24, 2.45) is 28.6 Å². The summed E-state index contributed by atoms with van der Waals surface area (Å²) in [6, 6.07) is 0. The van der Waals surface area contributed by atoms with Crippen molar-refractivity contribution in [1.29, 1.82) is 0 Å². The molecule has 0 bridgehead atoms. The molecule has 3 heteroatoms. The Morgan fingerprint density at radius 1 is 1.14 bits per heavy atom. The molecule has 6 atom stereocenters. The number of hydrogen-bond donors (Lipinski definition) is 1. The largest absolute Gasteiger partial charge is 0.389 e. The zero-order chi connectivity index (χ0) is 15.7. The molecule has 3 nitrogen and oxygen atoms in total. The van der Waals surface area contributed by atoms with Crippen LogP contribution in [0.25, 0.3) is 0 Å². The Kier molecular flexibility index (Phi) is 2.88. The van der Waals surface area contributed by atoms with E-state index in [2.05, 4.69) is 13.8 Å². The molecule has 2 fully saturated rings. The number of ketones is 2. The van der Waals surface area contributed by atoms with E-state index in [9.17, 15) is 14.7 Å². The molecule has 4 rings (SSSR count). The smallest absolute Gasteiger partial charge is 0.159 e. The van der Waals surface area contributed by atoms with E-state index in [1.165, 1.54) is 0 Å². The van der Waals surface area contributed by atoms with E-state index in [0.29, 0.717) is 18.6 Å². The first-order valence-electron chi connectivity index (χ1n) is 8.52. The van der Waals surface area contributed by atoms with E-state index in [4.69, 9.17) is 0 Å². The summed E-state index contributed by atoms with van der Waals surface area (Å²) in [5.41, 5.74) is 0.665. The Morgan fingerprint density at radius 2 is 1.86 bits per heavy atom. The third-order valence-electron chi connectivity index (χ3n) is 7.21. The van der Waals surface area contributed by atoms with Crippen LogP contribution in [0.2, 0.25) is 0 Å². The number of aliphatic hydroxyl groups is 1. The van der Waals surface area contributed by atoms with E-state index < -0.39 is 6.10 Å². The van der Waals surface area contributed by atoms with Gasteiger partial charge in [-0.3, -0.25) is 9.59 Å². The molecule has 2 saturated carbocycles. The zero-order valence-electron chi connectivity index (χ0n) is 13.3. The van der Waals surface area contributed by atoms with Gasteiger partial charge in [0.1, 0.15) is 5.78 Å². The molecular formula is C19H24O3. The molecule has 118 valence electrons. The van der Waals surface area contributed by atoms with E-state index in [-0.39, 0.29) is 34.4 Å². The first-order chi connectivity index (χ1) is 10.4. The number of fused-ring (bicyclic) bond motifs is 5. The van der Waals surface area contributed by atoms with Crippen molar-refractivity contribution in [2.75, 3.05) is 0 Å². The number of rotatable bonds is 0. The summed E-state index contributed by atoms with van der Waals surface area (Å²) in [6.07, 6.45) is 9.13. The molecule has 1 N–H and O–H groups in total. The second-order valence-electron chi connectivity index (χ2n) is 8.21. The average Bonchev–Trinajstić information content (AvgIpc) is 2.76. The van der Waals surface area contributed by atoms with E-state index in [1.807, 2.05) is 6.08 Å². The molecule has 22 heavy (non-hydrogen) atoms. The quantitative estimate of drug-likeness (QED) is 0.748. The molecule has 0 aromatic carbocycles. The van der Waals surface area contributed by atoms with Gasteiger partial charge in [0.2, 0.25) is 0 Å². The van der Waals surface area contributed by atoms with Crippen molar-refractivity contribution < 1.29 is 14.7 Å². The topological polar surface area (TPSA) is 54.4 Å². The molecule has 4 aliphatic carbocycles. The maximum absolute atomic E-state index is 12.8. The normalized spacial score (nSPS) is 50.2. The second kappa shape index (κ2) is 4.41. The fraction of sp³-hybridized carbons (Fsp3) is 0.684. The Balaban J connectivity index is 1.80. The highest BCUT2D eigenvalue weighted by atomic mass is 16.3. The van der Waals surface area contributed by atoms with Gasteiger partial charge in [0, 0.05) is 17.8 Å². The molecule has 0 amide bonds. The van der Waals surface area contributed by atoms with Gasteiger partial charge in [-0.05, 0) is 54.6 Å². The van der Waals surface area contributed by atoms with Gasteiger partial charge >= 0.3 is 0 Å². The minimum absolute atomic E-state index is 0.0300. The average molecular weight is 300 g/mol. The minimum Gasteiger partial charge on any atom is -0.389 e. The van der Waals surface area contributed by atoms with Crippen molar-refractivity contribution in [3.8, 4) is 0 Å². The summed E-state index contributed by atoms with van der Waals surface area (Å²) in [6.45, 7) is 4.28. The number of hydrogen-bond acceptors (Lipinski definition) is 3. The fourth-order valence-electron chi connectivity index (χ4n) is 5.88. The number of aliphatic hydroxyl groups excluding tert-OH is 1. The lowest BCUT2D eigenvalue weighted by Crippen LogP contribution is -2.53. The fourth-order valence-corrected chi connectivity index (χ4v) is 5.88. The Hall–Kier alpha value is -1.22.